The lowest BCUT2D eigenvalue weighted by Crippen LogP contribution is -2.09. The third kappa shape index (κ3) is 5.51. The van der Waals surface area contributed by atoms with E-state index < -0.39 is 0 Å². The largest absolute Gasteiger partial charge is 0.455 e. The number of anilines is 3. The molecule has 0 saturated heterocycles. The van der Waals surface area contributed by atoms with Crippen LogP contribution in [0.4, 0.5) is 17.1 Å². The summed E-state index contributed by atoms with van der Waals surface area (Å²) < 4.78 is 13.3. The molecule has 0 saturated carbocycles. The minimum absolute atomic E-state index is 0.856. The molecule has 276 valence electrons. The lowest BCUT2D eigenvalue weighted by atomic mass is 9.93. The van der Waals surface area contributed by atoms with Crippen LogP contribution < -0.4 is 4.90 Å². The molecule has 0 aliphatic rings. The standard InChI is InChI=1S/C56H35NO2/c1-2-11-36(12-3-1)38-23-27-43(28-24-38)57(44-29-25-39(26-30-44)47-18-10-19-49-48-17-8-9-20-52(48)58-55(47)49)45-31-32-53-50(35-45)51-34-41-15-6-7-16-46(41)54(56(51)59-53)42-22-21-37-13-4-5-14-40(37)33-42/h1-35H. The van der Waals surface area contributed by atoms with E-state index >= 15 is 0 Å². The first-order valence-corrected chi connectivity index (χ1v) is 20.1. The molecule has 0 aliphatic heterocycles. The average molecular weight is 754 g/mol. The maximum atomic E-state index is 6.86. The van der Waals surface area contributed by atoms with Crippen LogP contribution in [0.2, 0.25) is 0 Å². The van der Waals surface area contributed by atoms with E-state index in [0.717, 1.165) is 83.2 Å². The van der Waals surface area contributed by atoms with Crippen molar-refractivity contribution >= 4 is 82.5 Å². The first-order chi connectivity index (χ1) is 29.2. The summed E-state index contributed by atoms with van der Waals surface area (Å²) >= 11 is 0. The summed E-state index contributed by atoms with van der Waals surface area (Å²) in [6.07, 6.45) is 0. The molecule has 0 fully saturated rings. The Labute approximate surface area is 340 Å². The van der Waals surface area contributed by atoms with Crippen molar-refractivity contribution in [2.45, 2.75) is 0 Å². The zero-order chi connectivity index (χ0) is 38.9. The zero-order valence-corrected chi connectivity index (χ0v) is 32.0. The van der Waals surface area contributed by atoms with Crippen LogP contribution in [0.25, 0.3) is 98.8 Å². The van der Waals surface area contributed by atoms with Gasteiger partial charge in [-0.1, -0.05) is 152 Å². The molecule has 12 aromatic rings. The maximum absolute atomic E-state index is 6.86. The fraction of sp³-hybridized carbons (Fsp3) is 0. The van der Waals surface area contributed by atoms with Gasteiger partial charge in [0.2, 0.25) is 0 Å². The summed E-state index contributed by atoms with van der Waals surface area (Å²) in [4.78, 5) is 2.34. The third-order valence-corrected chi connectivity index (χ3v) is 11.8. The molecular formula is C56H35NO2. The van der Waals surface area contributed by atoms with Gasteiger partial charge in [-0.3, -0.25) is 0 Å². The Balaban J connectivity index is 1.02. The number of nitrogens with zero attached hydrogens (tertiary/aromatic N) is 1. The van der Waals surface area contributed by atoms with Crippen LogP contribution in [-0.4, -0.2) is 0 Å². The van der Waals surface area contributed by atoms with Gasteiger partial charge < -0.3 is 13.7 Å². The van der Waals surface area contributed by atoms with Crippen LogP contribution in [0, 0.1) is 0 Å². The van der Waals surface area contributed by atoms with Crippen LogP contribution in [0.3, 0.4) is 0 Å². The Hall–Kier alpha value is -7.88. The summed E-state index contributed by atoms with van der Waals surface area (Å²) in [5.74, 6) is 0. The first-order valence-electron chi connectivity index (χ1n) is 20.1. The normalized spacial score (nSPS) is 11.7. The summed E-state index contributed by atoms with van der Waals surface area (Å²) in [6, 6.07) is 75.7. The topological polar surface area (TPSA) is 29.5 Å². The Kier molecular flexibility index (Phi) is 7.54. The van der Waals surface area contributed by atoms with E-state index in [1.165, 1.54) is 32.7 Å². The Morgan fingerprint density at radius 2 is 0.881 bits per heavy atom. The molecule has 3 nitrogen and oxygen atoms in total. The van der Waals surface area contributed by atoms with Crippen molar-refractivity contribution in [1.29, 1.82) is 0 Å². The van der Waals surface area contributed by atoms with Crippen molar-refractivity contribution in [2.24, 2.45) is 0 Å². The number of benzene rings is 10. The Morgan fingerprint density at radius 3 is 1.69 bits per heavy atom. The molecule has 3 heteroatoms. The van der Waals surface area contributed by atoms with Gasteiger partial charge in [0.05, 0.1) is 0 Å². The van der Waals surface area contributed by atoms with E-state index in [1.54, 1.807) is 0 Å². The van der Waals surface area contributed by atoms with Gasteiger partial charge in [0.1, 0.15) is 22.3 Å². The summed E-state index contributed by atoms with van der Waals surface area (Å²) in [7, 11) is 0. The zero-order valence-electron chi connectivity index (χ0n) is 32.0. The van der Waals surface area contributed by atoms with Crippen molar-refractivity contribution in [3.05, 3.63) is 212 Å². The van der Waals surface area contributed by atoms with Crippen LogP contribution in [-0.2, 0) is 0 Å². The van der Waals surface area contributed by atoms with Crippen LogP contribution in [0.15, 0.2) is 221 Å². The molecule has 10 aromatic carbocycles. The minimum Gasteiger partial charge on any atom is -0.455 e. The highest BCUT2D eigenvalue weighted by molar-refractivity contribution is 6.19. The maximum Gasteiger partial charge on any atom is 0.143 e. The third-order valence-electron chi connectivity index (χ3n) is 11.8. The summed E-state index contributed by atoms with van der Waals surface area (Å²) in [5, 5.41) is 9.21. The molecule has 0 aliphatic carbocycles. The van der Waals surface area contributed by atoms with Gasteiger partial charge in [0.15, 0.2) is 0 Å². The van der Waals surface area contributed by atoms with Gasteiger partial charge in [-0.05, 0) is 104 Å². The van der Waals surface area contributed by atoms with Crippen molar-refractivity contribution in [3.63, 3.8) is 0 Å². The second-order valence-corrected chi connectivity index (χ2v) is 15.3. The number of para-hydroxylation sites is 2. The lowest BCUT2D eigenvalue weighted by molar-refractivity contribution is 0.670. The van der Waals surface area contributed by atoms with Gasteiger partial charge in [-0.15, -0.1) is 0 Å². The number of rotatable bonds is 6. The Bertz CT molecular complexity index is 3540. The highest BCUT2D eigenvalue weighted by atomic mass is 16.3. The number of hydrogen-bond donors (Lipinski definition) is 0. The average Bonchev–Trinajstić information content (AvgIpc) is 3.87. The lowest BCUT2D eigenvalue weighted by Gasteiger charge is -2.26. The number of hydrogen-bond acceptors (Lipinski definition) is 3. The molecule has 59 heavy (non-hydrogen) atoms. The van der Waals surface area contributed by atoms with Gasteiger partial charge in [-0.25, -0.2) is 0 Å². The SMILES string of the molecule is c1ccc(-c2ccc(N(c3ccc(-c4cccc5c4oc4ccccc45)cc3)c3ccc4oc5c(-c6ccc7ccccc7c6)c6ccccc6cc5c4c3)cc2)cc1. The second kappa shape index (κ2) is 13.4. The first kappa shape index (κ1) is 33.3. The van der Waals surface area contributed by atoms with Crippen molar-refractivity contribution < 1.29 is 8.83 Å². The molecule has 0 atom stereocenters. The van der Waals surface area contributed by atoms with E-state index in [-0.39, 0.29) is 0 Å². The van der Waals surface area contributed by atoms with Gasteiger partial charge >= 0.3 is 0 Å². The van der Waals surface area contributed by atoms with Crippen molar-refractivity contribution in [1.82, 2.24) is 0 Å². The smallest absolute Gasteiger partial charge is 0.143 e. The molecule has 12 rings (SSSR count). The number of furan rings is 2. The van der Waals surface area contributed by atoms with E-state index in [9.17, 15) is 0 Å². The molecule has 0 unspecified atom stereocenters. The highest BCUT2D eigenvalue weighted by Crippen LogP contribution is 2.45. The second-order valence-electron chi connectivity index (χ2n) is 15.3. The van der Waals surface area contributed by atoms with Crippen molar-refractivity contribution in [2.75, 3.05) is 4.90 Å². The fourth-order valence-corrected chi connectivity index (χ4v) is 8.98. The van der Waals surface area contributed by atoms with E-state index in [1.807, 2.05) is 12.1 Å². The predicted octanol–water partition coefficient (Wildman–Crippen LogP) is 16.3. The van der Waals surface area contributed by atoms with E-state index in [4.69, 9.17) is 8.83 Å². The predicted molar refractivity (Wildman–Crippen MR) is 247 cm³/mol. The van der Waals surface area contributed by atoms with Crippen LogP contribution in [0.1, 0.15) is 0 Å². The number of fused-ring (bicyclic) bond motifs is 8. The molecule has 0 spiro atoms. The summed E-state index contributed by atoms with van der Waals surface area (Å²) in [5.41, 5.74) is 13.5. The monoisotopic (exact) mass is 753 g/mol. The molecule has 0 bridgehead atoms. The molecular weight excluding hydrogens is 719 g/mol. The van der Waals surface area contributed by atoms with E-state index in [0.29, 0.717) is 0 Å². The molecule has 0 amide bonds. The fourth-order valence-electron chi connectivity index (χ4n) is 8.98. The van der Waals surface area contributed by atoms with Crippen molar-refractivity contribution in [3.8, 4) is 33.4 Å². The Morgan fingerprint density at radius 1 is 0.288 bits per heavy atom. The minimum atomic E-state index is 0.856. The van der Waals surface area contributed by atoms with Crippen LogP contribution in [0.5, 0.6) is 0 Å². The molecule has 2 aromatic heterocycles. The van der Waals surface area contributed by atoms with Crippen LogP contribution >= 0.6 is 0 Å². The molecule has 0 N–H and O–H groups in total. The van der Waals surface area contributed by atoms with Gasteiger partial charge in [0.25, 0.3) is 0 Å². The molecule has 0 radical (unpaired) electrons. The quantitative estimate of drug-likeness (QED) is 0.169. The van der Waals surface area contributed by atoms with Gasteiger partial charge in [-0.2, -0.15) is 0 Å². The molecule has 2 heterocycles. The highest BCUT2D eigenvalue weighted by Gasteiger charge is 2.20. The van der Waals surface area contributed by atoms with E-state index in [2.05, 4.69) is 205 Å². The summed E-state index contributed by atoms with van der Waals surface area (Å²) in [6.45, 7) is 0. The van der Waals surface area contributed by atoms with Gasteiger partial charge in [0, 0.05) is 49.7 Å².